The predicted octanol–water partition coefficient (Wildman–Crippen LogP) is 2.68. The molecule has 2 aromatic heterocycles. The van der Waals surface area contributed by atoms with Crippen LogP contribution < -0.4 is 5.32 Å². The van der Waals surface area contributed by atoms with Crippen LogP contribution in [0.1, 0.15) is 21.1 Å². The number of pyridine rings is 1. The van der Waals surface area contributed by atoms with E-state index in [0.29, 0.717) is 11.6 Å². The SMILES string of the molecule is O=C(Nc1nc2c(s1)CN(S(=O)(=O)c1ccc(F)cc1)CC2)c1ccccn1. The van der Waals surface area contributed by atoms with Crippen molar-refractivity contribution in [1.29, 1.82) is 0 Å². The van der Waals surface area contributed by atoms with Crippen molar-refractivity contribution < 1.29 is 17.6 Å². The Labute approximate surface area is 164 Å². The van der Waals surface area contributed by atoms with Crippen LogP contribution in [0.2, 0.25) is 0 Å². The first-order valence-electron chi connectivity index (χ1n) is 8.40. The summed E-state index contributed by atoms with van der Waals surface area (Å²) in [6.45, 7) is 0.427. The Morgan fingerprint density at radius 3 is 2.68 bits per heavy atom. The first-order chi connectivity index (χ1) is 13.4. The van der Waals surface area contributed by atoms with Crippen LogP contribution >= 0.6 is 11.3 Å². The van der Waals surface area contributed by atoms with Crippen molar-refractivity contribution in [1.82, 2.24) is 14.3 Å². The number of sulfonamides is 1. The van der Waals surface area contributed by atoms with Crippen LogP contribution in [0, 0.1) is 5.82 Å². The quantitative estimate of drug-likeness (QED) is 0.703. The fourth-order valence-electron chi connectivity index (χ4n) is 2.84. The lowest BCUT2D eigenvalue weighted by Gasteiger charge is -2.25. The highest BCUT2D eigenvalue weighted by molar-refractivity contribution is 7.89. The van der Waals surface area contributed by atoms with E-state index in [1.807, 2.05) is 0 Å². The minimum atomic E-state index is -3.73. The van der Waals surface area contributed by atoms with Crippen molar-refractivity contribution in [3.05, 3.63) is 70.7 Å². The molecule has 1 aromatic carbocycles. The maximum atomic E-state index is 13.1. The normalized spacial score (nSPS) is 14.5. The summed E-state index contributed by atoms with van der Waals surface area (Å²) in [5.74, 6) is -0.863. The molecule has 0 atom stereocenters. The number of nitrogens with one attached hydrogen (secondary N) is 1. The molecule has 0 unspecified atom stereocenters. The van der Waals surface area contributed by atoms with E-state index in [9.17, 15) is 17.6 Å². The molecule has 144 valence electrons. The zero-order chi connectivity index (χ0) is 19.7. The Morgan fingerprint density at radius 2 is 1.96 bits per heavy atom. The van der Waals surface area contributed by atoms with Gasteiger partial charge in [0.1, 0.15) is 11.5 Å². The van der Waals surface area contributed by atoms with Crippen LogP contribution in [0.3, 0.4) is 0 Å². The molecule has 0 aliphatic carbocycles. The number of benzene rings is 1. The summed E-state index contributed by atoms with van der Waals surface area (Å²) in [6, 6.07) is 9.79. The Kier molecular flexibility index (Phi) is 4.92. The number of aromatic nitrogens is 2. The summed E-state index contributed by atoms with van der Waals surface area (Å²) in [6.07, 6.45) is 1.96. The van der Waals surface area contributed by atoms with Gasteiger partial charge >= 0.3 is 0 Å². The van der Waals surface area contributed by atoms with Gasteiger partial charge in [-0.2, -0.15) is 4.31 Å². The molecule has 1 N–H and O–H groups in total. The van der Waals surface area contributed by atoms with E-state index < -0.39 is 15.8 Å². The highest BCUT2D eigenvalue weighted by Crippen LogP contribution is 2.31. The summed E-state index contributed by atoms with van der Waals surface area (Å²) in [5.41, 5.74) is 1.04. The molecule has 1 amide bonds. The highest BCUT2D eigenvalue weighted by atomic mass is 32.2. The maximum absolute atomic E-state index is 13.1. The molecule has 0 fully saturated rings. The van der Waals surface area contributed by atoms with Crippen molar-refractivity contribution >= 4 is 32.4 Å². The van der Waals surface area contributed by atoms with Crippen molar-refractivity contribution in [2.24, 2.45) is 0 Å². The maximum Gasteiger partial charge on any atom is 0.276 e. The number of amides is 1. The van der Waals surface area contributed by atoms with Crippen molar-refractivity contribution in [2.75, 3.05) is 11.9 Å². The largest absolute Gasteiger partial charge is 0.296 e. The van der Waals surface area contributed by atoms with Gasteiger partial charge in [0.2, 0.25) is 10.0 Å². The molecular weight excluding hydrogens is 403 g/mol. The standard InChI is InChI=1S/C18H15FN4O3S2/c19-12-4-6-13(7-5-12)28(25,26)23-10-8-14-16(11-23)27-18(21-14)22-17(24)15-3-1-2-9-20-15/h1-7,9H,8,10-11H2,(H,21,22,24). The molecule has 3 aromatic rings. The second kappa shape index (κ2) is 7.38. The molecular formula is C18H15FN4O3S2. The van der Waals surface area contributed by atoms with Crippen molar-refractivity contribution in [3.63, 3.8) is 0 Å². The summed E-state index contributed by atoms with van der Waals surface area (Å²) >= 11 is 1.24. The molecule has 1 aliphatic rings. The lowest BCUT2D eigenvalue weighted by molar-refractivity contribution is 0.102. The number of anilines is 1. The third kappa shape index (κ3) is 3.66. The lowest BCUT2D eigenvalue weighted by Crippen LogP contribution is -2.35. The minimum absolute atomic E-state index is 0.0468. The number of carbonyl (C=O) groups is 1. The smallest absolute Gasteiger partial charge is 0.276 e. The van der Waals surface area contributed by atoms with Gasteiger partial charge in [-0.3, -0.25) is 15.1 Å². The fourth-order valence-corrected chi connectivity index (χ4v) is 5.35. The Hall–Kier alpha value is -2.69. The summed E-state index contributed by atoms with van der Waals surface area (Å²) < 4.78 is 40.0. The van der Waals surface area contributed by atoms with E-state index in [2.05, 4.69) is 15.3 Å². The molecule has 0 spiro atoms. The number of hydrogen-bond acceptors (Lipinski definition) is 6. The third-order valence-electron chi connectivity index (χ3n) is 4.27. The first-order valence-corrected chi connectivity index (χ1v) is 10.7. The van der Waals surface area contributed by atoms with E-state index in [-0.39, 0.29) is 29.6 Å². The summed E-state index contributed by atoms with van der Waals surface area (Å²) in [5, 5.41) is 3.11. The van der Waals surface area contributed by atoms with Gasteiger partial charge in [0.05, 0.1) is 17.1 Å². The second-order valence-electron chi connectivity index (χ2n) is 6.10. The molecule has 3 heterocycles. The molecule has 4 rings (SSSR count). The number of rotatable bonds is 4. The van der Waals surface area contributed by atoms with E-state index in [1.54, 1.807) is 18.2 Å². The van der Waals surface area contributed by atoms with E-state index in [0.717, 1.165) is 22.7 Å². The van der Waals surface area contributed by atoms with Gasteiger partial charge in [0, 0.05) is 24.0 Å². The molecule has 1 aliphatic heterocycles. The van der Waals surface area contributed by atoms with Crippen LogP contribution in [0.5, 0.6) is 0 Å². The summed E-state index contributed by atoms with van der Waals surface area (Å²) in [4.78, 5) is 21.4. The zero-order valence-electron chi connectivity index (χ0n) is 14.5. The average Bonchev–Trinajstić information content (AvgIpc) is 3.10. The number of halogens is 1. The van der Waals surface area contributed by atoms with Gasteiger partial charge in [-0.1, -0.05) is 6.07 Å². The highest BCUT2D eigenvalue weighted by Gasteiger charge is 2.30. The number of nitrogens with zero attached hydrogens (tertiary/aromatic N) is 3. The molecule has 0 saturated heterocycles. The molecule has 10 heteroatoms. The van der Waals surface area contributed by atoms with Gasteiger partial charge in [-0.05, 0) is 36.4 Å². The van der Waals surface area contributed by atoms with Crippen LogP contribution in [-0.2, 0) is 23.0 Å². The van der Waals surface area contributed by atoms with E-state index >= 15 is 0 Å². The van der Waals surface area contributed by atoms with Crippen LogP contribution in [0.15, 0.2) is 53.6 Å². The van der Waals surface area contributed by atoms with Crippen LogP contribution in [-0.4, -0.2) is 35.1 Å². The van der Waals surface area contributed by atoms with Crippen molar-refractivity contribution in [2.45, 2.75) is 17.9 Å². The Morgan fingerprint density at radius 1 is 1.18 bits per heavy atom. The number of carbonyl (C=O) groups excluding carboxylic acids is 1. The third-order valence-corrected chi connectivity index (χ3v) is 7.12. The molecule has 28 heavy (non-hydrogen) atoms. The fraction of sp³-hybridized carbons (Fsp3) is 0.167. The van der Waals surface area contributed by atoms with Gasteiger partial charge in [-0.25, -0.2) is 17.8 Å². The number of thiazole rings is 1. The van der Waals surface area contributed by atoms with Crippen molar-refractivity contribution in [3.8, 4) is 0 Å². The van der Waals surface area contributed by atoms with Gasteiger partial charge in [-0.15, -0.1) is 11.3 Å². The van der Waals surface area contributed by atoms with Crippen LogP contribution in [0.25, 0.3) is 0 Å². The van der Waals surface area contributed by atoms with Crippen LogP contribution in [0.4, 0.5) is 9.52 Å². The molecule has 0 radical (unpaired) electrons. The van der Waals surface area contributed by atoms with Gasteiger partial charge in [0.25, 0.3) is 5.91 Å². The molecule has 7 nitrogen and oxygen atoms in total. The number of fused-ring (bicyclic) bond motifs is 1. The second-order valence-corrected chi connectivity index (χ2v) is 9.12. The lowest BCUT2D eigenvalue weighted by atomic mass is 10.2. The topological polar surface area (TPSA) is 92.3 Å². The monoisotopic (exact) mass is 418 g/mol. The Balaban J connectivity index is 1.52. The summed E-state index contributed by atoms with van der Waals surface area (Å²) in [7, 11) is -3.73. The van der Waals surface area contributed by atoms with Gasteiger partial charge in [0.15, 0.2) is 5.13 Å². The molecule has 0 bridgehead atoms. The van der Waals surface area contributed by atoms with E-state index in [1.165, 1.54) is 34.0 Å². The number of hydrogen-bond donors (Lipinski definition) is 1. The first kappa shape index (κ1) is 18.7. The zero-order valence-corrected chi connectivity index (χ0v) is 16.1. The van der Waals surface area contributed by atoms with Gasteiger partial charge < -0.3 is 0 Å². The average molecular weight is 418 g/mol. The Bertz CT molecular complexity index is 1120. The molecule has 0 saturated carbocycles. The van der Waals surface area contributed by atoms with E-state index in [4.69, 9.17) is 0 Å². The minimum Gasteiger partial charge on any atom is -0.296 e. The predicted molar refractivity (Wildman–Crippen MR) is 102 cm³/mol.